The highest BCUT2D eigenvalue weighted by atomic mass is 32.1. The van der Waals surface area contributed by atoms with Gasteiger partial charge in [0.25, 0.3) is 0 Å². The fourth-order valence-corrected chi connectivity index (χ4v) is 2.93. The van der Waals surface area contributed by atoms with Crippen LogP contribution in [0.2, 0.25) is 0 Å². The third kappa shape index (κ3) is 4.18. The summed E-state index contributed by atoms with van der Waals surface area (Å²) >= 11 is 1.33. The molecule has 19 heavy (non-hydrogen) atoms. The predicted octanol–water partition coefficient (Wildman–Crippen LogP) is 1.33. The van der Waals surface area contributed by atoms with E-state index in [1.807, 2.05) is 0 Å². The number of anilines is 1. The van der Waals surface area contributed by atoms with Gasteiger partial charge in [-0.2, -0.15) is 0 Å². The quantitative estimate of drug-likeness (QED) is 0.777. The van der Waals surface area contributed by atoms with Gasteiger partial charge in [0, 0.05) is 11.9 Å². The van der Waals surface area contributed by atoms with Gasteiger partial charge < -0.3 is 16.2 Å². The number of amides is 1. The maximum absolute atomic E-state index is 11.8. The molecule has 1 amide bonds. The lowest BCUT2D eigenvalue weighted by molar-refractivity contribution is -0.122. The number of hydrogen-bond acceptors (Lipinski definition) is 5. The number of thiazole rings is 1. The third-order valence-corrected chi connectivity index (χ3v) is 4.45. The van der Waals surface area contributed by atoms with Crippen molar-refractivity contribution in [2.24, 2.45) is 5.92 Å². The van der Waals surface area contributed by atoms with Gasteiger partial charge in [-0.15, -0.1) is 11.3 Å². The van der Waals surface area contributed by atoms with Crippen molar-refractivity contribution in [1.29, 1.82) is 0 Å². The largest absolute Gasteiger partial charge is 0.388 e. The Kier molecular flexibility index (Phi) is 4.42. The van der Waals surface area contributed by atoms with Crippen LogP contribution in [0, 0.1) is 5.92 Å². The van der Waals surface area contributed by atoms with Crippen molar-refractivity contribution < 1.29 is 9.90 Å². The number of carbonyl (C=O) groups excluding carboxylic acids is 1. The van der Waals surface area contributed by atoms with Crippen LogP contribution in [0.1, 0.15) is 38.3 Å². The van der Waals surface area contributed by atoms with Gasteiger partial charge in [0.1, 0.15) is 0 Å². The molecule has 1 aliphatic rings. The second-order valence-electron chi connectivity index (χ2n) is 5.54. The average molecular weight is 283 g/mol. The molecule has 6 heteroatoms. The first-order valence-electron chi connectivity index (χ1n) is 6.66. The molecular formula is C13H21N3O2S. The summed E-state index contributed by atoms with van der Waals surface area (Å²) in [5, 5.41) is 15.4. The van der Waals surface area contributed by atoms with Crippen molar-refractivity contribution >= 4 is 22.4 Å². The molecule has 0 bridgehead atoms. The summed E-state index contributed by atoms with van der Waals surface area (Å²) < 4.78 is 0. The molecule has 0 atom stereocenters. The minimum atomic E-state index is -0.733. The highest BCUT2D eigenvalue weighted by Gasteiger charge is 2.31. The van der Waals surface area contributed by atoms with Crippen LogP contribution in [0.3, 0.4) is 0 Å². The molecule has 5 nitrogen and oxygen atoms in total. The molecule has 1 heterocycles. The second-order valence-corrected chi connectivity index (χ2v) is 6.43. The molecule has 1 fully saturated rings. The van der Waals surface area contributed by atoms with Gasteiger partial charge in [-0.1, -0.05) is 6.92 Å². The summed E-state index contributed by atoms with van der Waals surface area (Å²) in [5.74, 6) is 0.561. The Bertz CT molecular complexity index is 439. The number of nitrogen functional groups attached to an aromatic ring is 1. The van der Waals surface area contributed by atoms with Crippen LogP contribution >= 0.6 is 11.3 Å². The zero-order valence-corrected chi connectivity index (χ0v) is 12.0. The minimum absolute atomic E-state index is 0.114. The molecule has 1 aliphatic carbocycles. The Morgan fingerprint density at radius 2 is 2.32 bits per heavy atom. The topological polar surface area (TPSA) is 88.2 Å². The van der Waals surface area contributed by atoms with Crippen LogP contribution < -0.4 is 11.1 Å². The number of aromatic nitrogens is 1. The summed E-state index contributed by atoms with van der Waals surface area (Å²) in [6.07, 6.45) is 3.79. The molecule has 1 saturated carbocycles. The van der Waals surface area contributed by atoms with Crippen LogP contribution in [-0.4, -0.2) is 28.1 Å². The molecule has 0 aromatic carbocycles. The van der Waals surface area contributed by atoms with E-state index in [4.69, 9.17) is 5.73 Å². The Morgan fingerprint density at radius 3 is 2.89 bits per heavy atom. The predicted molar refractivity (Wildman–Crippen MR) is 75.8 cm³/mol. The lowest BCUT2D eigenvalue weighted by atomic mass is 9.79. The van der Waals surface area contributed by atoms with Crippen molar-refractivity contribution in [1.82, 2.24) is 10.3 Å². The van der Waals surface area contributed by atoms with Crippen molar-refractivity contribution in [3.8, 4) is 0 Å². The Labute approximate surface area is 117 Å². The highest BCUT2D eigenvalue weighted by Crippen LogP contribution is 2.31. The molecular weight excluding hydrogens is 262 g/mol. The van der Waals surface area contributed by atoms with E-state index >= 15 is 0 Å². The first-order valence-corrected chi connectivity index (χ1v) is 7.54. The number of rotatable bonds is 4. The van der Waals surface area contributed by atoms with E-state index in [1.165, 1.54) is 11.3 Å². The van der Waals surface area contributed by atoms with Crippen molar-refractivity contribution in [2.45, 2.75) is 44.6 Å². The minimum Gasteiger partial charge on any atom is -0.388 e. The fraction of sp³-hybridized carbons (Fsp3) is 0.692. The van der Waals surface area contributed by atoms with Crippen LogP contribution in [0.5, 0.6) is 0 Å². The van der Waals surface area contributed by atoms with E-state index in [2.05, 4.69) is 17.2 Å². The smallest absolute Gasteiger partial charge is 0.226 e. The van der Waals surface area contributed by atoms with E-state index in [-0.39, 0.29) is 12.3 Å². The molecule has 106 valence electrons. The van der Waals surface area contributed by atoms with Crippen LogP contribution in [0.25, 0.3) is 0 Å². The van der Waals surface area contributed by atoms with E-state index in [0.29, 0.717) is 23.3 Å². The first kappa shape index (κ1) is 14.3. The van der Waals surface area contributed by atoms with Crippen LogP contribution in [-0.2, 0) is 11.2 Å². The second kappa shape index (κ2) is 5.88. The van der Waals surface area contributed by atoms with Gasteiger partial charge in [-0.3, -0.25) is 4.79 Å². The summed E-state index contributed by atoms with van der Waals surface area (Å²) in [6, 6.07) is 0. The summed E-state index contributed by atoms with van der Waals surface area (Å²) in [4.78, 5) is 15.8. The van der Waals surface area contributed by atoms with E-state index in [0.717, 1.165) is 25.7 Å². The Hall–Kier alpha value is -1.14. The lowest BCUT2D eigenvalue weighted by Gasteiger charge is -2.34. The lowest BCUT2D eigenvalue weighted by Crippen LogP contribution is -2.45. The van der Waals surface area contributed by atoms with Gasteiger partial charge in [-0.05, 0) is 31.6 Å². The normalized spacial score (nSPS) is 27.2. The molecule has 0 radical (unpaired) electrons. The summed E-state index contributed by atoms with van der Waals surface area (Å²) in [6.45, 7) is 2.53. The van der Waals surface area contributed by atoms with E-state index < -0.39 is 5.60 Å². The Morgan fingerprint density at radius 1 is 1.63 bits per heavy atom. The van der Waals surface area contributed by atoms with Crippen LogP contribution in [0.15, 0.2) is 5.38 Å². The standard InChI is InChI=1S/C13H21N3O2S/c1-9-2-4-13(18,5-3-9)8-15-11(17)6-10-7-19-12(14)16-10/h7,9,18H,2-6,8H2,1H3,(H2,14,16)(H,15,17). The third-order valence-electron chi connectivity index (χ3n) is 3.73. The van der Waals surface area contributed by atoms with Crippen molar-refractivity contribution in [3.05, 3.63) is 11.1 Å². The molecule has 0 unspecified atom stereocenters. The molecule has 0 saturated heterocycles. The van der Waals surface area contributed by atoms with E-state index in [9.17, 15) is 9.90 Å². The average Bonchev–Trinajstić information content (AvgIpc) is 2.77. The fourth-order valence-electron chi connectivity index (χ4n) is 2.37. The zero-order chi connectivity index (χ0) is 13.9. The molecule has 1 aromatic heterocycles. The SMILES string of the molecule is CC1CCC(O)(CNC(=O)Cc2csc(N)n2)CC1. The maximum Gasteiger partial charge on any atom is 0.226 e. The van der Waals surface area contributed by atoms with Crippen LogP contribution in [0.4, 0.5) is 5.13 Å². The molecule has 2 rings (SSSR count). The number of aliphatic hydroxyl groups is 1. The zero-order valence-electron chi connectivity index (χ0n) is 11.2. The van der Waals surface area contributed by atoms with Gasteiger partial charge in [0.15, 0.2) is 5.13 Å². The highest BCUT2D eigenvalue weighted by molar-refractivity contribution is 7.13. The van der Waals surface area contributed by atoms with E-state index in [1.54, 1.807) is 5.38 Å². The Balaban J connectivity index is 1.77. The number of hydrogen-bond donors (Lipinski definition) is 3. The van der Waals surface area contributed by atoms with Gasteiger partial charge in [0.2, 0.25) is 5.91 Å². The maximum atomic E-state index is 11.8. The molecule has 4 N–H and O–H groups in total. The van der Waals surface area contributed by atoms with Crippen molar-refractivity contribution in [2.75, 3.05) is 12.3 Å². The number of carbonyl (C=O) groups is 1. The summed E-state index contributed by atoms with van der Waals surface area (Å²) in [5.41, 5.74) is 5.47. The van der Waals surface area contributed by atoms with Gasteiger partial charge >= 0.3 is 0 Å². The first-order chi connectivity index (χ1) is 8.97. The summed E-state index contributed by atoms with van der Waals surface area (Å²) in [7, 11) is 0. The number of nitrogens with one attached hydrogen (secondary N) is 1. The molecule has 1 aromatic rings. The monoisotopic (exact) mass is 283 g/mol. The van der Waals surface area contributed by atoms with Crippen molar-refractivity contribution in [3.63, 3.8) is 0 Å². The number of nitrogens with two attached hydrogens (primary N) is 1. The molecule has 0 spiro atoms. The molecule has 0 aliphatic heterocycles. The number of nitrogens with zero attached hydrogens (tertiary/aromatic N) is 1. The van der Waals surface area contributed by atoms with Gasteiger partial charge in [0.05, 0.1) is 17.7 Å². The van der Waals surface area contributed by atoms with Gasteiger partial charge in [-0.25, -0.2) is 4.98 Å².